The Bertz CT molecular complexity index is 2150. The Morgan fingerprint density at radius 3 is 1.43 bits per heavy atom. The summed E-state index contributed by atoms with van der Waals surface area (Å²) < 4.78 is 24.1. The second kappa shape index (κ2) is 16.1. The van der Waals surface area contributed by atoms with Gasteiger partial charge >= 0.3 is 11.9 Å². The van der Waals surface area contributed by atoms with Crippen LogP contribution in [0.3, 0.4) is 0 Å². The van der Waals surface area contributed by atoms with Gasteiger partial charge in [-0.25, -0.2) is 0 Å². The molecule has 0 unspecified atom stereocenters. The minimum absolute atomic E-state index is 0.206. The Morgan fingerprint density at radius 1 is 0.566 bits per heavy atom. The van der Waals surface area contributed by atoms with E-state index in [1.54, 1.807) is 0 Å². The Morgan fingerprint density at radius 2 is 1.00 bits per heavy atom. The van der Waals surface area contributed by atoms with Gasteiger partial charge in [0.2, 0.25) is 0 Å². The zero-order chi connectivity index (χ0) is 37.0. The first kappa shape index (κ1) is 36.7. The van der Waals surface area contributed by atoms with Crippen molar-refractivity contribution >= 4 is 65.3 Å². The SMILES string of the molecule is CCOC(=O)CCCOc1ccc2cc(C3(c4ccc5c(Br)c(OCCCC(=O)OCC)ccc5c4)c4ccccc4-c4ccccc43)ccc2c1Br. The summed E-state index contributed by atoms with van der Waals surface area (Å²) in [5.74, 6) is 1.07. The quantitative estimate of drug-likeness (QED) is 0.0803. The Kier molecular flexibility index (Phi) is 11.2. The predicted octanol–water partition coefficient (Wildman–Crippen LogP) is 11.3. The summed E-state index contributed by atoms with van der Waals surface area (Å²) in [6.45, 7) is 5.22. The van der Waals surface area contributed by atoms with Gasteiger partial charge in [0.1, 0.15) is 11.5 Å². The van der Waals surface area contributed by atoms with Gasteiger partial charge < -0.3 is 18.9 Å². The number of carbonyl (C=O) groups excluding carboxylic acids is 2. The fraction of sp³-hybridized carbons (Fsp3) is 0.244. The molecule has 1 aliphatic rings. The predicted molar refractivity (Wildman–Crippen MR) is 217 cm³/mol. The highest BCUT2D eigenvalue weighted by Crippen LogP contribution is 2.57. The maximum atomic E-state index is 11.8. The average molecular weight is 837 g/mol. The van der Waals surface area contributed by atoms with Crippen molar-refractivity contribution in [2.45, 2.75) is 44.9 Å². The van der Waals surface area contributed by atoms with E-state index in [1.165, 1.54) is 22.3 Å². The van der Waals surface area contributed by atoms with Crippen LogP contribution in [0.1, 0.15) is 61.8 Å². The van der Waals surface area contributed by atoms with Crippen LogP contribution in [0.4, 0.5) is 0 Å². The van der Waals surface area contributed by atoms with E-state index in [0.29, 0.717) is 52.1 Å². The van der Waals surface area contributed by atoms with Crippen LogP contribution in [-0.2, 0) is 24.5 Å². The maximum Gasteiger partial charge on any atom is 0.305 e. The number of hydrogen-bond acceptors (Lipinski definition) is 6. The molecule has 0 spiro atoms. The molecule has 0 bridgehead atoms. The monoisotopic (exact) mass is 834 g/mol. The Hall–Kier alpha value is -4.66. The summed E-state index contributed by atoms with van der Waals surface area (Å²) >= 11 is 7.65. The molecule has 6 nitrogen and oxygen atoms in total. The molecule has 6 aromatic carbocycles. The second-order valence-electron chi connectivity index (χ2n) is 13.0. The van der Waals surface area contributed by atoms with Gasteiger partial charge in [0.15, 0.2) is 0 Å². The average Bonchev–Trinajstić information content (AvgIpc) is 3.48. The summed E-state index contributed by atoms with van der Waals surface area (Å²) in [7, 11) is 0. The van der Waals surface area contributed by atoms with Crippen molar-refractivity contribution in [3.05, 3.63) is 140 Å². The molecule has 0 fully saturated rings. The zero-order valence-corrected chi connectivity index (χ0v) is 32.9. The van der Waals surface area contributed by atoms with Crippen molar-refractivity contribution in [2.75, 3.05) is 26.4 Å². The van der Waals surface area contributed by atoms with Crippen molar-refractivity contribution < 1.29 is 28.5 Å². The third-order valence-corrected chi connectivity index (χ3v) is 11.5. The lowest BCUT2D eigenvalue weighted by Crippen LogP contribution is -2.28. The van der Waals surface area contributed by atoms with E-state index in [4.69, 9.17) is 18.9 Å². The number of carbonyl (C=O) groups is 2. The molecule has 0 N–H and O–H groups in total. The van der Waals surface area contributed by atoms with Crippen molar-refractivity contribution in [3.63, 3.8) is 0 Å². The molecule has 0 radical (unpaired) electrons. The van der Waals surface area contributed by atoms with Gasteiger partial charge in [0.05, 0.1) is 40.8 Å². The van der Waals surface area contributed by atoms with E-state index in [-0.39, 0.29) is 11.9 Å². The van der Waals surface area contributed by atoms with Crippen molar-refractivity contribution in [3.8, 4) is 22.6 Å². The molecule has 0 heterocycles. The first-order valence-corrected chi connectivity index (χ1v) is 19.7. The third kappa shape index (κ3) is 7.07. The topological polar surface area (TPSA) is 71.1 Å². The van der Waals surface area contributed by atoms with Gasteiger partial charge in [-0.15, -0.1) is 0 Å². The number of hydrogen-bond donors (Lipinski definition) is 0. The van der Waals surface area contributed by atoms with Gasteiger partial charge in [-0.2, -0.15) is 0 Å². The molecular formula is C45H40Br2O6. The normalized spacial score (nSPS) is 12.7. The van der Waals surface area contributed by atoms with Crippen molar-refractivity contribution in [1.82, 2.24) is 0 Å². The van der Waals surface area contributed by atoms with Gasteiger partial charge in [0.25, 0.3) is 0 Å². The van der Waals surface area contributed by atoms with Crippen LogP contribution < -0.4 is 9.47 Å². The minimum atomic E-state index is -0.584. The fourth-order valence-corrected chi connectivity index (χ4v) is 8.74. The van der Waals surface area contributed by atoms with Crippen LogP contribution in [0.5, 0.6) is 11.5 Å². The van der Waals surface area contributed by atoms with E-state index < -0.39 is 5.41 Å². The zero-order valence-electron chi connectivity index (χ0n) is 29.8. The summed E-state index contributed by atoms with van der Waals surface area (Å²) in [5, 5.41) is 4.26. The molecule has 0 aromatic heterocycles. The molecule has 6 aromatic rings. The van der Waals surface area contributed by atoms with Crippen LogP contribution >= 0.6 is 31.9 Å². The standard InChI is InChI=1S/C45H40Br2O6/c1-3-50-41(48)15-9-25-52-39-23-17-29-27-31(19-21-33(29)43(39)46)45(37-13-7-5-11-35(37)36-12-6-8-14-38(36)45)32-20-22-34-30(28-32)18-24-40(44(34)47)53-26-10-16-42(49)51-4-2/h5-8,11-14,17-24,27-28H,3-4,9-10,15-16,25-26H2,1-2H3. The summed E-state index contributed by atoms with van der Waals surface area (Å²) in [6, 6.07) is 39.1. The molecule has 7 rings (SSSR count). The molecule has 53 heavy (non-hydrogen) atoms. The summed E-state index contributed by atoms with van der Waals surface area (Å²) in [5.41, 5.74) is 6.67. The van der Waals surface area contributed by atoms with Gasteiger partial charge in [-0.05, 0) is 138 Å². The summed E-state index contributed by atoms with van der Waals surface area (Å²) in [4.78, 5) is 23.6. The molecule has 0 saturated heterocycles. The first-order valence-electron chi connectivity index (χ1n) is 18.1. The van der Waals surface area contributed by atoms with Crippen LogP contribution in [0.2, 0.25) is 0 Å². The van der Waals surface area contributed by atoms with Gasteiger partial charge in [-0.3, -0.25) is 9.59 Å². The summed E-state index contributed by atoms with van der Waals surface area (Å²) in [6.07, 6.45) is 1.81. The molecular weight excluding hydrogens is 796 g/mol. The van der Waals surface area contributed by atoms with Crippen LogP contribution in [0.15, 0.2) is 118 Å². The minimum Gasteiger partial charge on any atom is -0.492 e. The van der Waals surface area contributed by atoms with Gasteiger partial charge in [-0.1, -0.05) is 84.9 Å². The molecule has 270 valence electrons. The van der Waals surface area contributed by atoms with E-state index in [0.717, 1.165) is 53.1 Å². The lowest BCUT2D eigenvalue weighted by atomic mass is 9.67. The molecule has 0 atom stereocenters. The van der Waals surface area contributed by atoms with Crippen LogP contribution in [0, 0.1) is 0 Å². The maximum absolute atomic E-state index is 11.8. The van der Waals surface area contributed by atoms with E-state index in [9.17, 15) is 9.59 Å². The number of fused-ring (bicyclic) bond motifs is 5. The molecule has 0 saturated carbocycles. The number of benzene rings is 6. The Balaban J connectivity index is 1.27. The molecule has 0 amide bonds. The van der Waals surface area contributed by atoms with Crippen LogP contribution in [0.25, 0.3) is 32.7 Å². The molecule has 1 aliphatic carbocycles. The fourth-order valence-electron chi connectivity index (χ4n) is 7.52. The smallest absolute Gasteiger partial charge is 0.305 e. The molecule has 8 heteroatoms. The third-order valence-electron chi connectivity index (χ3n) is 9.83. The van der Waals surface area contributed by atoms with E-state index in [1.807, 2.05) is 26.0 Å². The lowest BCUT2D eigenvalue weighted by Gasteiger charge is -2.34. The number of halogens is 2. The number of esters is 2. The van der Waals surface area contributed by atoms with E-state index >= 15 is 0 Å². The first-order chi connectivity index (χ1) is 25.9. The highest BCUT2D eigenvalue weighted by atomic mass is 79.9. The van der Waals surface area contributed by atoms with Gasteiger partial charge in [0, 0.05) is 12.8 Å². The van der Waals surface area contributed by atoms with Crippen LogP contribution in [-0.4, -0.2) is 38.4 Å². The highest BCUT2D eigenvalue weighted by molar-refractivity contribution is 9.11. The van der Waals surface area contributed by atoms with E-state index in [2.05, 4.69) is 129 Å². The lowest BCUT2D eigenvalue weighted by molar-refractivity contribution is -0.144. The Labute approximate surface area is 326 Å². The molecule has 0 aliphatic heterocycles. The largest absolute Gasteiger partial charge is 0.492 e. The number of ether oxygens (including phenoxy) is 4. The highest BCUT2D eigenvalue weighted by Gasteiger charge is 2.46. The van der Waals surface area contributed by atoms with Crippen molar-refractivity contribution in [2.24, 2.45) is 0 Å². The second-order valence-corrected chi connectivity index (χ2v) is 14.6. The van der Waals surface area contributed by atoms with Crippen molar-refractivity contribution in [1.29, 1.82) is 0 Å². The number of rotatable bonds is 14.